The Balaban J connectivity index is 1.45. The molecular weight excluding hydrogens is 623 g/mol. The molecule has 0 aliphatic carbocycles. The molecule has 1 N–H and O–H groups in total. The van der Waals surface area contributed by atoms with E-state index in [0.29, 0.717) is 16.4 Å². The summed E-state index contributed by atoms with van der Waals surface area (Å²) >= 11 is 6.64. The molecule has 45 heavy (non-hydrogen) atoms. The Morgan fingerprint density at radius 2 is 1.96 bits per heavy atom. The minimum absolute atomic E-state index is 0.0126. The molecule has 5 rings (SSSR count). The second kappa shape index (κ2) is 12.2. The summed E-state index contributed by atoms with van der Waals surface area (Å²) in [5, 5.41) is 2.59. The zero-order chi connectivity index (χ0) is 32.8. The quantitative estimate of drug-likeness (QED) is 0.370. The van der Waals surface area contributed by atoms with Crippen LogP contribution in [0.2, 0.25) is 5.02 Å². The van der Waals surface area contributed by atoms with Crippen LogP contribution in [0.25, 0.3) is 0 Å². The van der Waals surface area contributed by atoms with Crippen LogP contribution in [0.15, 0.2) is 43.0 Å². The monoisotopic (exact) mass is 654 g/mol. The molecule has 0 saturated carbocycles. The highest BCUT2D eigenvalue weighted by molar-refractivity contribution is 6.34. The minimum Gasteiger partial charge on any atom is -0.367 e. The Labute approximate surface area is 261 Å². The summed E-state index contributed by atoms with van der Waals surface area (Å²) in [5.74, 6) is -5.89. The summed E-state index contributed by atoms with van der Waals surface area (Å²) in [5.41, 5.74) is -0.0794. The van der Waals surface area contributed by atoms with Gasteiger partial charge in [0.2, 0.25) is 17.7 Å². The lowest BCUT2D eigenvalue weighted by Gasteiger charge is -2.41. The van der Waals surface area contributed by atoms with E-state index in [9.17, 15) is 36.3 Å². The Hall–Kier alpha value is -3.78. The number of likely N-dealkylation sites (N-methyl/N-ethyl adjacent to an activating group) is 1. The van der Waals surface area contributed by atoms with E-state index in [2.05, 4.69) is 16.9 Å². The lowest BCUT2D eigenvalue weighted by molar-refractivity contribution is -0.137. The number of carbonyl (C=O) groups excluding carboxylic acids is 3. The number of benzene rings is 1. The lowest BCUT2D eigenvalue weighted by Crippen LogP contribution is -2.59. The Kier molecular flexibility index (Phi) is 8.84. The van der Waals surface area contributed by atoms with E-state index in [1.165, 1.54) is 18.9 Å². The highest BCUT2D eigenvalue weighted by Crippen LogP contribution is 2.43. The standard InChI is InChI=1S/C30H32ClF5N6O3/c1-4-24(43)38-22-8-9-40(16-29(22,32)33)10-11-41-15-18-13-25(44)42(23-14-19(30(34,35)36)12-17(2)37-23)26(18)28(45)39(3)21-7-5-6-20(31)27(21)41/h4-7,12,14,18,22,26H,1,8-11,13,15-16H2,2-3H3,(H,38,43)/t18-,22?,26+/m1/s1. The number of aromatic nitrogens is 1. The van der Waals surface area contributed by atoms with Gasteiger partial charge in [-0.15, -0.1) is 0 Å². The number of rotatable bonds is 6. The van der Waals surface area contributed by atoms with Gasteiger partial charge in [-0.25, -0.2) is 13.8 Å². The third-order valence-electron chi connectivity index (χ3n) is 8.49. The number of fused-ring (bicyclic) bond motifs is 2. The SMILES string of the molecule is C=CC(=O)NC1CCN(CCN2C[C@H]3CC(=O)N(c4cc(C(F)(F)F)cc(C)n4)[C@@H]3C(=O)N(C)c3cccc(Cl)c32)CC1(F)F. The predicted molar refractivity (Wildman–Crippen MR) is 159 cm³/mol. The summed E-state index contributed by atoms with van der Waals surface area (Å²) in [6, 6.07) is 4.06. The minimum atomic E-state index is -4.69. The smallest absolute Gasteiger partial charge is 0.367 e. The number of alkyl halides is 5. The van der Waals surface area contributed by atoms with E-state index in [0.717, 1.165) is 23.1 Å². The average molecular weight is 655 g/mol. The number of carbonyl (C=O) groups is 3. The van der Waals surface area contributed by atoms with E-state index >= 15 is 0 Å². The van der Waals surface area contributed by atoms with Gasteiger partial charge in [-0.1, -0.05) is 24.2 Å². The van der Waals surface area contributed by atoms with Crippen LogP contribution in [0.3, 0.4) is 0 Å². The number of para-hydroxylation sites is 1. The number of hydrogen-bond acceptors (Lipinski definition) is 6. The molecule has 9 nitrogen and oxygen atoms in total. The zero-order valence-corrected chi connectivity index (χ0v) is 25.3. The average Bonchev–Trinajstić information content (AvgIpc) is 3.29. The maximum atomic E-state index is 15.0. The molecule has 0 bridgehead atoms. The molecule has 0 spiro atoms. The van der Waals surface area contributed by atoms with Crippen molar-refractivity contribution >= 4 is 46.5 Å². The summed E-state index contributed by atoms with van der Waals surface area (Å²) < 4.78 is 70.9. The topological polar surface area (TPSA) is 89.1 Å². The molecule has 15 heteroatoms. The molecule has 0 radical (unpaired) electrons. The molecule has 3 atom stereocenters. The first-order valence-corrected chi connectivity index (χ1v) is 14.7. The predicted octanol–water partition coefficient (Wildman–Crippen LogP) is 4.28. The molecule has 3 aliphatic heterocycles. The fourth-order valence-electron chi connectivity index (χ4n) is 6.34. The third-order valence-corrected chi connectivity index (χ3v) is 8.80. The maximum absolute atomic E-state index is 15.0. The second-order valence-corrected chi connectivity index (χ2v) is 12.0. The van der Waals surface area contributed by atoms with Crippen LogP contribution in [-0.4, -0.2) is 85.4 Å². The molecule has 242 valence electrons. The lowest BCUT2D eigenvalue weighted by atomic mass is 9.95. The molecular formula is C30H32ClF5N6O3. The molecule has 1 unspecified atom stereocenters. The molecule has 1 aromatic heterocycles. The number of likely N-dealkylation sites (tertiary alicyclic amines) is 1. The summed E-state index contributed by atoms with van der Waals surface area (Å²) in [7, 11) is 1.49. The number of amides is 3. The Bertz CT molecular complexity index is 1520. The van der Waals surface area contributed by atoms with E-state index < -0.39 is 59.9 Å². The summed E-state index contributed by atoms with van der Waals surface area (Å²) in [4.78, 5) is 49.0. The van der Waals surface area contributed by atoms with E-state index in [4.69, 9.17) is 11.6 Å². The van der Waals surface area contributed by atoms with Crippen molar-refractivity contribution in [2.75, 3.05) is 54.5 Å². The first-order valence-electron chi connectivity index (χ1n) is 14.3. The molecule has 2 aromatic rings. The largest absolute Gasteiger partial charge is 0.416 e. The number of pyridine rings is 1. The van der Waals surface area contributed by atoms with E-state index in [-0.39, 0.29) is 50.5 Å². The van der Waals surface area contributed by atoms with Gasteiger partial charge in [0.15, 0.2) is 0 Å². The van der Waals surface area contributed by atoms with Crippen molar-refractivity contribution < 1.29 is 36.3 Å². The first kappa shape index (κ1) is 32.6. The van der Waals surface area contributed by atoms with Gasteiger partial charge in [-0.2, -0.15) is 13.2 Å². The number of hydrogen-bond donors (Lipinski definition) is 1. The number of halogens is 6. The number of aryl methyl sites for hydroxylation is 1. The Morgan fingerprint density at radius 3 is 2.62 bits per heavy atom. The van der Waals surface area contributed by atoms with Crippen LogP contribution in [0.1, 0.15) is 24.1 Å². The highest BCUT2D eigenvalue weighted by atomic mass is 35.5. The normalized spacial score (nSPS) is 23.7. The van der Waals surface area contributed by atoms with Crippen LogP contribution in [0, 0.1) is 12.8 Å². The van der Waals surface area contributed by atoms with Crippen LogP contribution in [0.4, 0.5) is 39.1 Å². The molecule has 3 amide bonds. The fourth-order valence-corrected chi connectivity index (χ4v) is 6.63. The van der Waals surface area contributed by atoms with Crippen molar-refractivity contribution in [1.29, 1.82) is 0 Å². The first-order chi connectivity index (χ1) is 21.1. The van der Waals surface area contributed by atoms with Crippen LogP contribution in [0.5, 0.6) is 0 Å². The van der Waals surface area contributed by atoms with Gasteiger partial charge in [0, 0.05) is 51.3 Å². The van der Waals surface area contributed by atoms with E-state index in [1.54, 1.807) is 23.1 Å². The van der Waals surface area contributed by atoms with Gasteiger partial charge in [0.05, 0.1) is 34.5 Å². The number of nitrogens with zero attached hydrogens (tertiary/aromatic N) is 5. The van der Waals surface area contributed by atoms with Crippen molar-refractivity contribution in [3.63, 3.8) is 0 Å². The van der Waals surface area contributed by atoms with Crippen LogP contribution >= 0.6 is 11.6 Å². The fraction of sp³-hybridized carbons (Fsp3) is 0.467. The summed E-state index contributed by atoms with van der Waals surface area (Å²) in [6.45, 7) is 4.82. The van der Waals surface area contributed by atoms with Gasteiger partial charge in [0.1, 0.15) is 11.9 Å². The molecule has 3 aliphatic rings. The van der Waals surface area contributed by atoms with Gasteiger partial charge in [-0.3, -0.25) is 24.2 Å². The molecule has 2 fully saturated rings. The van der Waals surface area contributed by atoms with Gasteiger partial charge in [0.25, 0.3) is 5.92 Å². The van der Waals surface area contributed by atoms with Crippen molar-refractivity contribution in [3.05, 3.63) is 59.3 Å². The van der Waals surface area contributed by atoms with Gasteiger partial charge in [-0.05, 0) is 43.7 Å². The number of piperidine rings is 1. The molecule has 1 aromatic carbocycles. The van der Waals surface area contributed by atoms with Gasteiger partial charge < -0.3 is 15.1 Å². The van der Waals surface area contributed by atoms with Crippen LogP contribution in [-0.2, 0) is 20.6 Å². The van der Waals surface area contributed by atoms with Crippen molar-refractivity contribution in [2.24, 2.45) is 5.92 Å². The van der Waals surface area contributed by atoms with Gasteiger partial charge >= 0.3 is 6.18 Å². The maximum Gasteiger partial charge on any atom is 0.416 e. The second-order valence-electron chi connectivity index (χ2n) is 11.6. The zero-order valence-electron chi connectivity index (χ0n) is 24.6. The van der Waals surface area contributed by atoms with Crippen molar-refractivity contribution in [3.8, 4) is 0 Å². The van der Waals surface area contributed by atoms with E-state index in [1.807, 2.05) is 4.90 Å². The summed E-state index contributed by atoms with van der Waals surface area (Å²) in [6.07, 6.45) is -3.89. The Morgan fingerprint density at radius 1 is 1.22 bits per heavy atom. The van der Waals surface area contributed by atoms with Crippen molar-refractivity contribution in [2.45, 2.75) is 43.9 Å². The van der Waals surface area contributed by atoms with Crippen LogP contribution < -0.4 is 20.0 Å². The number of anilines is 3. The van der Waals surface area contributed by atoms with Crippen molar-refractivity contribution in [1.82, 2.24) is 15.2 Å². The number of nitrogens with one attached hydrogen (secondary N) is 1. The third kappa shape index (κ3) is 6.48. The molecule has 4 heterocycles. The highest BCUT2D eigenvalue weighted by Gasteiger charge is 2.50. The molecule has 2 saturated heterocycles.